The van der Waals surface area contributed by atoms with Crippen molar-refractivity contribution in [2.24, 2.45) is 5.92 Å². The number of methoxy groups -OCH3 is 1. The predicted octanol–water partition coefficient (Wildman–Crippen LogP) is 1.84. The van der Waals surface area contributed by atoms with Crippen molar-refractivity contribution >= 4 is 0 Å². The van der Waals surface area contributed by atoms with Gasteiger partial charge in [0.05, 0.1) is 18.6 Å². The predicted molar refractivity (Wildman–Crippen MR) is 65.4 cm³/mol. The van der Waals surface area contributed by atoms with E-state index in [1.54, 1.807) is 7.11 Å². The topological polar surface area (TPSA) is 39.1 Å². The van der Waals surface area contributed by atoms with Gasteiger partial charge in [0, 0.05) is 32.4 Å². The summed E-state index contributed by atoms with van der Waals surface area (Å²) >= 11 is 0. The lowest BCUT2D eigenvalue weighted by atomic mass is 10.1. The molecule has 92 valence electrons. The summed E-state index contributed by atoms with van der Waals surface area (Å²) in [7, 11) is 1.72. The Balaban J connectivity index is 2.50. The zero-order valence-electron chi connectivity index (χ0n) is 10.7. The van der Waals surface area contributed by atoms with Gasteiger partial charge >= 0.3 is 0 Å². The van der Waals surface area contributed by atoms with Crippen molar-refractivity contribution in [3.63, 3.8) is 0 Å². The molecule has 1 aromatic heterocycles. The van der Waals surface area contributed by atoms with E-state index >= 15 is 0 Å². The summed E-state index contributed by atoms with van der Waals surface area (Å²) in [6.45, 7) is 9.15. The van der Waals surface area contributed by atoms with Crippen LogP contribution in [0.15, 0.2) is 12.5 Å². The molecule has 0 aromatic carbocycles. The first-order chi connectivity index (χ1) is 7.66. The Morgan fingerprint density at radius 3 is 2.81 bits per heavy atom. The van der Waals surface area contributed by atoms with E-state index < -0.39 is 0 Å². The lowest BCUT2D eigenvalue weighted by Gasteiger charge is -2.20. The van der Waals surface area contributed by atoms with Crippen LogP contribution in [0, 0.1) is 5.92 Å². The van der Waals surface area contributed by atoms with Gasteiger partial charge < -0.3 is 14.6 Å². The number of aromatic nitrogens is 2. The van der Waals surface area contributed by atoms with Gasteiger partial charge in [-0.25, -0.2) is 4.98 Å². The third-order valence-electron chi connectivity index (χ3n) is 2.94. The minimum Gasteiger partial charge on any atom is -0.383 e. The maximum atomic E-state index is 4.99. The van der Waals surface area contributed by atoms with Crippen LogP contribution in [0.2, 0.25) is 0 Å². The molecule has 1 aromatic rings. The number of imidazole rings is 1. The van der Waals surface area contributed by atoms with Crippen LogP contribution in [-0.2, 0) is 11.3 Å². The summed E-state index contributed by atoms with van der Waals surface area (Å²) in [4.78, 5) is 4.22. The minimum absolute atomic E-state index is 0.488. The summed E-state index contributed by atoms with van der Waals surface area (Å²) in [6.07, 6.45) is 3.84. The standard InChI is InChI=1S/C12H23N3O/c1-10(2)11(3)15-9-14-8-12(15)7-13-5-6-16-4/h8-11,13H,5-7H2,1-4H3. The highest BCUT2D eigenvalue weighted by Gasteiger charge is 2.12. The van der Waals surface area contributed by atoms with Gasteiger partial charge in [0.25, 0.3) is 0 Å². The fourth-order valence-electron chi connectivity index (χ4n) is 1.55. The van der Waals surface area contributed by atoms with Crippen molar-refractivity contribution in [3.8, 4) is 0 Å². The Kier molecular flexibility index (Phi) is 5.49. The molecule has 1 unspecified atom stereocenters. The molecule has 0 amide bonds. The van der Waals surface area contributed by atoms with Crippen molar-refractivity contribution in [1.82, 2.24) is 14.9 Å². The van der Waals surface area contributed by atoms with E-state index in [1.165, 1.54) is 5.69 Å². The number of hydrogen-bond donors (Lipinski definition) is 1. The van der Waals surface area contributed by atoms with Crippen LogP contribution in [-0.4, -0.2) is 29.8 Å². The van der Waals surface area contributed by atoms with Gasteiger partial charge in [0.1, 0.15) is 0 Å². The molecule has 1 atom stereocenters. The van der Waals surface area contributed by atoms with Crippen LogP contribution in [0.5, 0.6) is 0 Å². The molecular weight excluding hydrogens is 202 g/mol. The molecule has 16 heavy (non-hydrogen) atoms. The minimum atomic E-state index is 0.488. The first kappa shape index (κ1) is 13.2. The van der Waals surface area contributed by atoms with Crippen LogP contribution in [0.1, 0.15) is 32.5 Å². The number of ether oxygens (including phenoxy) is 1. The van der Waals surface area contributed by atoms with Crippen LogP contribution < -0.4 is 5.32 Å². The molecule has 0 fully saturated rings. The van der Waals surface area contributed by atoms with E-state index in [9.17, 15) is 0 Å². The number of rotatable bonds is 7. The quantitative estimate of drug-likeness (QED) is 0.720. The normalized spacial score (nSPS) is 13.3. The molecule has 4 heteroatoms. The Bertz CT molecular complexity index is 296. The molecule has 0 saturated heterocycles. The highest BCUT2D eigenvalue weighted by Crippen LogP contribution is 2.18. The Morgan fingerprint density at radius 1 is 1.44 bits per heavy atom. The van der Waals surface area contributed by atoms with Gasteiger partial charge in [-0.15, -0.1) is 0 Å². The second-order valence-electron chi connectivity index (χ2n) is 4.45. The largest absolute Gasteiger partial charge is 0.383 e. The molecule has 0 bridgehead atoms. The van der Waals surface area contributed by atoms with E-state index in [1.807, 2.05) is 12.5 Å². The van der Waals surface area contributed by atoms with Crippen molar-refractivity contribution in [2.75, 3.05) is 20.3 Å². The van der Waals surface area contributed by atoms with Gasteiger partial charge in [-0.05, 0) is 12.8 Å². The fraction of sp³-hybridized carbons (Fsp3) is 0.750. The van der Waals surface area contributed by atoms with Crippen molar-refractivity contribution in [1.29, 1.82) is 0 Å². The van der Waals surface area contributed by atoms with Gasteiger partial charge in [0.15, 0.2) is 0 Å². The van der Waals surface area contributed by atoms with E-state index in [0.29, 0.717) is 12.0 Å². The highest BCUT2D eigenvalue weighted by atomic mass is 16.5. The van der Waals surface area contributed by atoms with Crippen LogP contribution in [0.25, 0.3) is 0 Å². The summed E-state index contributed by atoms with van der Waals surface area (Å²) in [5.41, 5.74) is 1.23. The zero-order valence-corrected chi connectivity index (χ0v) is 10.7. The molecular formula is C12H23N3O. The van der Waals surface area contributed by atoms with Gasteiger partial charge in [-0.3, -0.25) is 0 Å². The van der Waals surface area contributed by atoms with Crippen molar-refractivity contribution in [2.45, 2.75) is 33.4 Å². The van der Waals surface area contributed by atoms with Crippen molar-refractivity contribution in [3.05, 3.63) is 18.2 Å². The molecule has 4 nitrogen and oxygen atoms in total. The molecule has 1 rings (SSSR count). The third kappa shape index (κ3) is 3.61. The van der Waals surface area contributed by atoms with E-state index in [4.69, 9.17) is 4.74 Å². The fourth-order valence-corrected chi connectivity index (χ4v) is 1.55. The van der Waals surface area contributed by atoms with Crippen LogP contribution in [0.4, 0.5) is 0 Å². The Hall–Kier alpha value is -0.870. The molecule has 0 saturated carbocycles. The van der Waals surface area contributed by atoms with E-state index in [-0.39, 0.29) is 0 Å². The average molecular weight is 225 g/mol. The second-order valence-corrected chi connectivity index (χ2v) is 4.45. The molecule has 0 aliphatic rings. The molecule has 1 N–H and O–H groups in total. The summed E-state index contributed by atoms with van der Waals surface area (Å²) in [5.74, 6) is 0.618. The Morgan fingerprint density at radius 2 is 2.19 bits per heavy atom. The second kappa shape index (κ2) is 6.66. The highest BCUT2D eigenvalue weighted by molar-refractivity contribution is 5.00. The smallest absolute Gasteiger partial charge is 0.0951 e. The molecule has 0 aliphatic carbocycles. The first-order valence-corrected chi connectivity index (χ1v) is 5.87. The van der Waals surface area contributed by atoms with E-state index in [0.717, 1.165) is 19.7 Å². The van der Waals surface area contributed by atoms with Gasteiger partial charge in [-0.2, -0.15) is 0 Å². The van der Waals surface area contributed by atoms with Gasteiger partial charge in [-0.1, -0.05) is 13.8 Å². The molecule has 0 radical (unpaired) electrons. The zero-order chi connectivity index (χ0) is 12.0. The third-order valence-corrected chi connectivity index (χ3v) is 2.94. The lowest BCUT2D eigenvalue weighted by molar-refractivity contribution is 0.199. The Labute approximate surface area is 98.0 Å². The van der Waals surface area contributed by atoms with Gasteiger partial charge in [0.2, 0.25) is 0 Å². The number of hydrogen-bond acceptors (Lipinski definition) is 3. The monoisotopic (exact) mass is 225 g/mol. The van der Waals surface area contributed by atoms with Crippen molar-refractivity contribution < 1.29 is 4.74 Å². The maximum absolute atomic E-state index is 4.99. The van der Waals surface area contributed by atoms with E-state index in [2.05, 4.69) is 35.6 Å². The number of nitrogens with zero attached hydrogens (tertiary/aromatic N) is 2. The maximum Gasteiger partial charge on any atom is 0.0951 e. The first-order valence-electron chi connectivity index (χ1n) is 5.87. The average Bonchev–Trinajstić information content (AvgIpc) is 2.71. The molecule has 0 spiro atoms. The summed E-state index contributed by atoms with van der Waals surface area (Å²) in [5, 5.41) is 3.34. The molecule has 1 heterocycles. The summed E-state index contributed by atoms with van der Waals surface area (Å²) in [6, 6.07) is 0.488. The summed E-state index contributed by atoms with van der Waals surface area (Å²) < 4.78 is 7.23. The molecule has 0 aliphatic heterocycles. The van der Waals surface area contributed by atoms with Crippen LogP contribution >= 0.6 is 0 Å². The SMILES string of the molecule is COCCNCc1cncn1C(C)C(C)C. The lowest BCUT2D eigenvalue weighted by Crippen LogP contribution is -2.22. The number of nitrogens with one attached hydrogen (secondary N) is 1. The van der Waals surface area contributed by atoms with Crippen LogP contribution in [0.3, 0.4) is 0 Å².